The summed E-state index contributed by atoms with van der Waals surface area (Å²) in [6.45, 7) is 8.71. The fraction of sp³-hybridized carbons (Fsp3) is 0.867. The SMILES string of the molecule is CC(C)(C)C(CCNC(=O)C1CCNC1)CCC(=O)O. The van der Waals surface area contributed by atoms with Crippen molar-refractivity contribution in [3.63, 3.8) is 0 Å². The summed E-state index contributed by atoms with van der Waals surface area (Å²) >= 11 is 0. The van der Waals surface area contributed by atoms with E-state index in [1.165, 1.54) is 0 Å². The molecule has 1 aliphatic heterocycles. The Morgan fingerprint density at radius 3 is 2.55 bits per heavy atom. The molecule has 0 spiro atoms. The molecule has 0 aromatic rings. The zero-order valence-electron chi connectivity index (χ0n) is 12.9. The summed E-state index contributed by atoms with van der Waals surface area (Å²) in [5.41, 5.74) is 0.0646. The third-order valence-corrected chi connectivity index (χ3v) is 4.15. The van der Waals surface area contributed by atoms with Gasteiger partial charge in [-0.05, 0) is 37.1 Å². The predicted octanol–water partition coefficient (Wildman–Crippen LogP) is 1.63. The second-order valence-corrected chi connectivity index (χ2v) is 6.76. The molecule has 5 heteroatoms. The van der Waals surface area contributed by atoms with Crippen molar-refractivity contribution in [1.82, 2.24) is 10.6 Å². The lowest BCUT2D eigenvalue weighted by molar-refractivity contribution is -0.137. The van der Waals surface area contributed by atoms with E-state index in [9.17, 15) is 9.59 Å². The Morgan fingerprint density at radius 2 is 2.05 bits per heavy atom. The smallest absolute Gasteiger partial charge is 0.303 e. The molecule has 0 saturated carbocycles. The van der Waals surface area contributed by atoms with Gasteiger partial charge in [-0.25, -0.2) is 0 Å². The van der Waals surface area contributed by atoms with Crippen LogP contribution in [0.25, 0.3) is 0 Å². The molecule has 1 heterocycles. The van der Waals surface area contributed by atoms with Crippen LogP contribution in [-0.2, 0) is 9.59 Å². The first-order chi connectivity index (χ1) is 9.30. The van der Waals surface area contributed by atoms with Gasteiger partial charge in [0.1, 0.15) is 0 Å². The molecule has 2 unspecified atom stereocenters. The van der Waals surface area contributed by atoms with Crippen molar-refractivity contribution in [3.8, 4) is 0 Å². The van der Waals surface area contributed by atoms with E-state index in [-0.39, 0.29) is 23.7 Å². The van der Waals surface area contributed by atoms with E-state index < -0.39 is 5.97 Å². The molecule has 0 radical (unpaired) electrons. The Kier molecular flexibility index (Phi) is 6.46. The largest absolute Gasteiger partial charge is 0.481 e. The number of aliphatic carboxylic acids is 1. The summed E-state index contributed by atoms with van der Waals surface area (Å²) in [4.78, 5) is 22.6. The van der Waals surface area contributed by atoms with E-state index in [4.69, 9.17) is 5.11 Å². The average Bonchev–Trinajstić information content (AvgIpc) is 2.84. The molecule has 1 saturated heterocycles. The van der Waals surface area contributed by atoms with Crippen molar-refractivity contribution < 1.29 is 14.7 Å². The zero-order chi connectivity index (χ0) is 15.2. The van der Waals surface area contributed by atoms with Gasteiger partial charge in [0.05, 0.1) is 5.92 Å². The van der Waals surface area contributed by atoms with Crippen LogP contribution in [0.4, 0.5) is 0 Å². The summed E-state index contributed by atoms with van der Waals surface area (Å²) < 4.78 is 0. The van der Waals surface area contributed by atoms with E-state index in [2.05, 4.69) is 31.4 Å². The van der Waals surface area contributed by atoms with Crippen molar-refractivity contribution in [2.75, 3.05) is 19.6 Å². The standard InChI is InChI=1S/C15H28N2O3/c1-15(2,3)12(4-5-13(18)19)7-9-17-14(20)11-6-8-16-10-11/h11-12,16H,4-10H2,1-3H3,(H,17,20)(H,18,19). The lowest BCUT2D eigenvalue weighted by Gasteiger charge is -2.30. The van der Waals surface area contributed by atoms with Gasteiger partial charge in [-0.1, -0.05) is 20.8 Å². The van der Waals surface area contributed by atoms with E-state index in [1.54, 1.807) is 0 Å². The lowest BCUT2D eigenvalue weighted by atomic mass is 9.76. The van der Waals surface area contributed by atoms with Crippen molar-refractivity contribution >= 4 is 11.9 Å². The molecule has 2 atom stereocenters. The summed E-state index contributed by atoms with van der Waals surface area (Å²) in [5.74, 6) is -0.219. The molecule has 116 valence electrons. The molecule has 3 N–H and O–H groups in total. The number of nitrogens with one attached hydrogen (secondary N) is 2. The first-order valence-corrected chi connectivity index (χ1v) is 7.51. The van der Waals surface area contributed by atoms with Crippen molar-refractivity contribution in [2.45, 2.75) is 46.5 Å². The quantitative estimate of drug-likeness (QED) is 0.664. The zero-order valence-corrected chi connectivity index (χ0v) is 12.9. The van der Waals surface area contributed by atoms with Crippen LogP contribution in [0.5, 0.6) is 0 Å². The topological polar surface area (TPSA) is 78.4 Å². The van der Waals surface area contributed by atoms with Crippen molar-refractivity contribution in [2.24, 2.45) is 17.3 Å². The molecule has 5 nitrogen and oxygen atoms in total. The van der Waals surface area contributed by atoms with Gasteiger partial charge < -0.3 is 15.7 Å². The number of carboxylic acid groups (broad SMARTS) is 1. The van der Waals surface area contributed by atoms with Crippen LogP contribution in [0, 0.1) is 17.3 Å². The Hall–Kier alpha value is -1.10. The molecular weight excluding hydrogens is 256 g/mol. The van der Waals surface area contributed by atoms with Gasteiger partial charge in [-0.15, -0.1) is 0 Å². The summed E-state index contributed by atoms with van der Waals surface area (Å²) in [6, 6.07) is 0. The number of rotatable bonds is 7. The van der Waals surface area contributed by atoms with E-state index in [1.807, 2.05) is 0 Å². The van der Waals surface area contributed by atoms with Crippen LogP contribution >= 0.6 is 0 Å². The minimum Gasteiger partial charge on any atom is -0.481 e. The number of amides is 1. The molecule has 0 aromatic carbocycles. The minimum absolute atomic E-state index is 0.0646. The highest BCUT2D eigenvalue weighted by molar-refractivity contribution is 5.79. The summed E-state index contributed by atoms with van der Waals surface area (Å²) in [6.07, 6.45) is 2.61. The van der Waals surface area contributed by atoms with Gasteiger partial charge in [-0.2, -0.15) is 0 Å². The summed E-state index contributed by atoms with van der Waals surface area (Å²) in [7, 11) is 0. The minimum atomic E-state index is -0.750. The third kappa shape index (κ3) is 5.90. The monoisotopic (exact) mass is 284 g/mol. The van der Waals surface area contributed by atoms with E-state index >= 15 is 0 Å². The van der Waals surface area contributed by atoms with E-state index in [0.29, 0.717) is 18.9 Å². The Morgan fingerprint density at radius 1 is 1.35 bits per heavy atom. The van der Waals surface area contributed by atoms with Crippen molar-refractivity contribution in [3.05, 3.63) is 0 Å². The van der Waals surface area contributed by atoms with Crippen LogP contribution in [0.15, 0.2) is 0 Å². The molecule has 1 fully saturated rings. The second-order valence-electron chi connectivity index (χ2n) is 6.76. The highest BCUT2D eigenvalue weighted by Gasteiger charge is 2.26. The Labute approximate surface area is 121 Å². The fourth-order valence-electron chi connectivity index (χ4n) is 2.70. The summed E-state index contributed by atoms with van der Waals surface area (Å²) in [5, 5.41) is 15.0. The van der Waals surface area contributed by atoms with Crippen LogP contribution in [0.2, 0.25) is 0 Å². The normalized spacial score (nSPS) is 20.6. The van der Waals surface area contributed by atoms with Gasteiger partial charge >= 0.3 is 5.97 Å². The molecule has 0 aromatic heterocycles. The van der Waals surface area contributed by atoms with Crippen LogP contribution < -0.4 is 10.6 Å². The van der Waals surface area contributed by atoms with Gasteiger partial charge in [0, 0.05) is 19.5 Å². The maximum absolute atomic E-state index is 11.9. The van der Waals surface area contributed by atoms with Crippen molar-refractivity contribution in [1.29, 1.82) is 0 Å². The van der Waals surface area contributed by atoms with Gasteiger partial charge in [0.25, 0.3) is 0 Å². The van der Waals surface area contributed by atoms with E-state index in [0.717, 1.165) is 25.9 Å². The predicted molar refractivity (Wildman–Crippen MR) is 78.4 cm³/mol. The average molecular weight is 284 g/mol. The molecular formula is C15H28N2O3. The molecule has 1 aliphatic rings. The van der Waals surface area contributed by atoms with Crippen LogP contribution in [-0.4, -0.2) is 36.6 Å². The molecule has 0 bridgehead atoms. The Balaban J connectivity index is 2.33. The van der Waals surface area contributed by atoms with Gasteiger partial charge in [0.2, 0.25) is 5.91 Å². The maximum atomic E-state index is 11.9. The molecule has 0 aliphatic carbocycles. The number of carboxylic acids is 1. The Bertz CT molecular complexity index is 331. The highest BCUT2D eigenvalue weighted by Crippen LogP contribution is 2.32. The first-order valence-electron chi connectivity index (χ1n) is 7.51. The molecule has 1 amide bonds. The number of hydrogen-bond acceptors (Lipinski definition) is 3. The number of carbonyl (C=O) groups excluding carboxylic acids is 1. The first kappa shape index (κ1) is 17.0. The van der Waals surface area contributed by atoms with Gasteiger partial charge in [-0.3, -0.25) is 9.59 Å². The third-order valence-electron chi connectivity index (χ3n) is 4.15. The molecule has 1 rings (SSSR count). The van der Waals surface area contributed by atoms with Crippen LogP contribution in [0.3, 0.4) is 0 Å². The molecule has 20 heavy (non-hydrogen) atoms. The van der Waals surface area contributed by atoms with Gasteiger partial charge in [0.15, 0.2) is 0 Å². The number of hydrogen-bond donors (Lipinski definition) is 3. The maximum Gasteiger partial charge on any atom is 0.303 e. The number of carbonyl (C=O) groups is 2. The second kappa shape index (κ2) is 7.62. The lowest BCUT2D eigenvalue weighted by Crippen LogP contribution is -2.34. The fourth-order valence-corrected chi connectivity index (χ4v) is 2.70. The highest BCUT2D eigenvalue weighted by atomic mass is 16.4. The van der Waals surface area contributed by atoms with Crippen LogP contribution in [0.1, 0.15) is 46.5 Å².